The summed E-state index contributed by atoms with van der Waals surface area (Å²) in [4.78, 5) is 24.6. The van der Waals surface area contributed by atoms with Gasteiger partial charge < -0.3 is 19.5 Å². The maximum atomic E-state index is 11.8. The van der Waals surface area contributed by atoms with E-state index in [4.69, 9.17) is 9.47 Å². The lowest BCUT2D eigenvalue weighted by Crippen LogP contribution is -2.40. The van der Waals surface area contributed by atoms with Crippen LogP contribution in [0.1, 0.15) is 66.2 Å². The molecule has 0 saturated carbocycles. The molecular formula is C17H31NO5. The monoisotopic (exact) mass is 329 g/mol. The van der Waals surface area contributed by atoms with Gasteiger partial charge in [0.25, 0.3) is 0 Å². The number of amides is 1. The summed E-state index contributed by atoms with van der Waals surface area (Å²) in [5.41, 5.74) is 0. The summed E-state index contributed by atoms with van der Waals surface area (Å²) < 4.78 is 11.1. The van der Waals surface area contributed by atoms with Crippen molar-refractivity contribution in [1.82, 2.24) is 4.90 Å². The van der Waals surface area contributed by atoms with E-state index in [1.807, 2.05) is 20.8 Å². The molecule has 0 bridgehead atoms. The zero-order valence-electron chi connectivity index (χ0n) is 14.8. The first-order valence-electron chi connectivity index (χ1n) is 8.67. The normalized spacial score (nSPS) is 20.2. The number of likely N-dealkylation sites (tertiary alicyclic amines) is 1. The number of aliphatic hydroxyl groups is 1. The number of hydrogen-bond acceptors (Lipinski definition) is 5. The summed E-state index contributed by atoms with van der Waals surface area (Å²) >= 11 is 0. The number of esters is 1. The van der Waals surface area contributed by atoms with Crippen molar-refractivity contribution < 1.29 is 24.2 Å². The van der Waals surface area contributed by atoms with Gasteiger partial charge in [0.1, 0.15) is 12.3 Å². The van der Waals surface area contributed by atoms with E-state index in [0.717, 1.165) is 19.4 Å². The van der Waals surface area contributed by atoms with Gasteiger partial charge in [0.05, 0.1) is 12.2 Å². The van der Waals surface area contributed by atoms with E-state index in [1.54, 1.807) is 4.90 Å². The molecule has 0 aromatic heterocycles. The Balaban J connectivity index is 2.42. The minimum atomic E-state index is -0.596. The van der Waals surface area contributed by atoms with Crippen LogP contribution < -0.4 is 0 Å². The molecule has 1 amide bonds. The van der Waals surface area contributed by atoms with Crippen molar-refractivity contribution in [2.45, 2.75) is 90.8 Å². The van der Waals surface area contributed by atoms with E-state index < -0.39 is 6.10 Å². The Morgan fingerprint density at radius 2 is 2.00 bits per heavy atom. The Morgan fingerprint density at radius 1 is 1.30 bits per heavy atom. The van der Waals surface area contributed by atoms with Crippen LogP contribution in [0.25, 0.3) is 0 Å². The number of ether oxygens (including phenoxy) is 2. The van der Waals surface area contributed by atoms with E-state index in [0.29, 0.717) is 25.7 Å². The summed E-state index contributed by atoms with van der Waals surface area (Å²) in [5.74, 6) is -0.183. The maximum Gasteiger partial charge on any atom is 0.302 e. The fraction of sp³-hybridized carbons (Fsp3) is 0.882. The van der Waals surface area contributed by atoms with Gasteiger partial charge in [-0.2, -0.15) is 0 Å². The predicted molar refractivity (Wildman–Crippen MR) is 86.7 cm³/mol. The maximum absolute atomic E-state index is 11.8. The number of rotatable bonds is 10. The Morgan fingerprint density at radius 3 is 2.48 bits per heavy atom. The van der Waals surface area contributed by atoms with Crippen LogP contribution in [0.15, 0.2) is 0 Å². The van der Waals surface area contributed by atoms with Crippen molar-refractivity contribution in [3.8, 4) is 0 Å². The first-order valence-corrected chi connectivity index (χ1v) is 8.67. The summed E-state index contributed by atoms with van der Waals surface area (Å²) in [7, 11) is 0. The summed E-state index contributed by atoms with van der Waals surface area (Å²) in [5, 5.41) is 10.2. The minimum Gasteiger partial charge on any atom is -0.462 e. The largest absolute Gasteiger partial charge is 0.462 e. The number of carbonyl (C=O) groups is 2. The molecule has 0 aromatic rings. The highest BCUT2D eigenvalue weighted by Gasteiger charge is 2.29. The Hall–Kier alpha value is -1.14. The molecule has 6 nitrogen and oxygen atoms in total. The highest BCUT2D eigenvalue weighted by atomic mass is 16.5. The van der Waals surface area contributed by atoms with Crippen molar-refractivity contribution in [2.75, 3.05) is 6.54 Å². The zero-order chi connectivity index (χ0) is 17.4. The molecule has 23 heavy (non-hydrogen) atoms. The van der Waals surface area contributed by atoms with Gasteiger partial charge in [-0.3, -0.25) is 9.59 Å². The van der Waals surface area contributed by atoms with Gasteiger partial charge in [-0.25, -0.2) is 0 Å². The highest BCUT2D eigenvalue weighted by molar-refractivity contribution is 5.78. The second kappa shape index (κ2) is 9.88. The summed E-state index contributed by atoms with van der Waals surface area (Å²) in [6.45, 7) is 7.94. The van der Waals surface area contributed by atoms with Crippen LogP contribution in [-0.2, 0) is 19.1 Å². The summed E-state index contributed by atoms with van der Waals surface area (Å²) in [6.07, 6.45) is 2.50. The molecule has 1 fully saturated rings. The molecule has 0 aliphatic carbocycles. The lowest BCUT2D eigenvalue weighted by atomic mass is 10.0. The van der Waals surface area contributed by atoms with Crippen molar-refractivity contribution in [3.05, 3.63) is 0 Å². The van der Waals surface area contributed by atoms with Crippen molar-refractivity contribution in [3.63, 3.8) is 0 Å². The molecule has 1 heterocycles. The highest BCUT2D eigenvalue weighted by Crippen LogP contribution is 2.20. The van der Waals surface area contributed by atoms with Gasteiger partial charge in [-0.05, 0) is 32.6 Å². The molecule has 4 unspecified atom stereocenters. The van der Waals surface area contributed by atoms with Crippen LogP contribution >= 0.6 is 0 Å². The number of aliphatic hydroxyl groups excluding tert-OH is 1. The van der Waals surface area contributed by atoms with Crippen LogP contribution in [0.5, 0.6) is 0 Å². The molecule has 1 rings (SSSR count). The smallest absolute Gasteiger partial charge is 0.302 e. The fourth-order valence-corrected chi connectivity index (χ4v) is 3.00. The standard InChI is InChI=1S/C17H31NO5/c1-5-15(23-13(4)19)11-14(20)10-12(3)22-17(6-2)18-9-7-8-16(18)21/h12,14-15,17,20H,5-11H2,1-4H3. The molecule has 0 spiro atoms. The van der Waals surface area contributed by atoms with E-state index >= 15 is 0 Å². The first-order chi connectivity index (χ1) is 10.9. The van der Waals surface area contributed by atoms with Gasteiger partial charge in [0.2, 0.25) is 5.91 Å². The summed E-state index contributed by atoms with van der Waals surface area (Å²) in [6, 6.07) is 0. The van der Waals surface area contributed by atoms with Gasteiger partial charge in [-0.15, -0.1) is 0 Å². The fourth-order valence-electron chi connectivity index (χ4n) is 3.00. The second-order valence-electron chi connectivity index (χ2n) is 6.27. The molecule has 0 aromatic carbocycles. The first kappa shape index (κ1) is 19.9. The minimum absolute atomic E-state index is 0.144. The van der Waals surface area contributed by atoms with Crippen LogP contribution in [0.2, 0.25) is 0 Å². The van der Waals surface area contributed by atoms with Gasteiger partial charge in [0.15, 0.2) is 0 Å². The second-order valence-corrected chi connectivity index (χ2v) is 6.27. The van der Waals surface area contributed by atoms with E-state index in [-0.39, 0.29) is 30.3 Å². The predicted octanol–water partition coefficient (Wildman–Crippen LogP) is 2.23. The van der Waals surface area contributed by atoms with E-state index in [2.05, 4.69) is 0 Å². The Kier molecular flexibility index (Phi) is 8.55. The quantitative estimate of drug-likeness (QED) is 0.622. The van der Waals surface area contributed by atoms with Gasteiger partial charge in [0, 0.05) is 26.3 Å². The molecule has 0 radical (unpaired) electrons. The van der Waals surface area contributed by atoms with E-state index in [9.17, 15) is 14.7 Å². The van der Waals surface area contributed by atoms with Crippen LogP contribution in [-0.4, -0.2) is 53.0 Å². The van der Waals surface area contributed by atoms with E-state index in [1.165, 1.54) is 6.92 Å². The molecular weight excluding hydrogens is 298 g/mol. The zero-order valence-corrected chi connectivity index (χ0v) is 14.8. The van der Waals surface area contributed by atoms with Crippen LogP contribution in [0.3, 0.4) is 0 Å². The van der Waals surface area contributed by atoms with Crippen molar-refractivity contribution >= 4 is 11.9 Å². The molecule has 134 valence electrons. The molecule has 1 saturated heterocycles. The topological polar surface area (TPSA) is 76.1 Å². The molecule has 4 atom stereocenters. The molecule has 1 aliphatic rings. The third kappa shape index (κ3) is 6.87. The van der Waals surface area contributed by atoms with Gasteiger partial charge >= 0.3 is 5.97 Å². The third-order valence-electron chi connectivity index (χ3n) is 4.12. The van der Waals surface area contributed by atoms with Gasteiger partial charge in [-0.1, -0.05) is 13.8 Å². The van der Waals surface area contributed by atoms with Crippen LogP contribution in [0, 0.1) is 0 Å². The molecule has 6 heteroatoms. The van der Waals surface area contributed by atoms with Crippen molar-refractivity contribution in [1.29, 1.82) is 0 Å². The third-order valence-corrected chi connectivity index (χ3v) is 4.12. The average Bonchev–Trinajstić information content (AvgIpc) is 2.89. The molecule has 1 N–H and O–H groups in total. The van der Waals surface area contributed by atoms with Crippen molar-refractivity contribution in [2.24, 2.45) is 0 Å². The SMILES string of the molecule is CCC(CC(O)CC(C)OC(CC)N1CCCC1=O)OC(C)=O. The Labute approximate surface area is 139 Å². The number of hydrogen-bond donors (Lipinski definition) is 1. The number of nitrogens with zero attached hydrogens (tertiary/aromatic N) is 1. The lowest BCUT2D eigenvalue weighted by molar-refractivity contribution is -0.150. The number of carbonyl (C=O) groups excluding carboxylic acids is 2. The Bertz CT molecular complexity index is 387. The van der Waals surface area contributed by atoms with Crippen LogP contribution in [0.4, 0.5) is 0 Å². The molecule has 1 aliphatic heterocycles. The average molecular weight is 329 g/mol. The lowest BCUT2D eigenvalue weighted by Gasteiger charge is -2.30.